The van der Waals surface area contributed by atoms with Gasteiger partial charge in [0, 0.05) is 13.7 Å². The SMILES string of the molecule is COCCNC(=O)NCc1nc(C)c(C(=O)O)s1. The summed E-state index contributed by atoms with van der Waals surface area (Å²) < 4.78 is 4.78. The maximum absolute atomic E-state index is 11.3. The summed E-state index contributed by atoms with van der Waals surface area (Å²) in [5, 5.41) is 14.6. The van der Waals surface area contributed by atoms with Gasteiger partial charge in [-0.25, -0.2) is 14.6 Å². The standard InChI is InChI=1S/C10H15N3O4S/c1-6-8(9(14)15)18-7(13-6)5-12-10(16)11-3-4-17-2/h3-5H2,1-2H3,(H,14,15)(H2,11,12,16). The summed E-state index contributed by atoms with van der Waals surface area (Å²) >= 11 is 1.06. The number of carbonyl (C=O) groups excluding carboxylic acids is 1. The van der Waals surface area contributed by atoms with E-state index >= 15 is 0 Å². The zero-order chi connectivity index (χ0) is 13.5. The number of aromatic nitrogens is 1. The number of amides is 2. The Balaban J connectivity index is 2.41. The van der Waals surface area contributed by atoms with Crippen molar-refractivity contribution in [2.45, 2.75) is 13.5 Å². The van der Waals surface area contributed by atoms with Crippen LogP contribution < -0.4 is 10.6 Å². The molecule has 1 aromatic rings. The minimum atomic E-state index is -0.999. The summed E-state index contributed by atoms with van der Waals surface area (Å²) in [6.07, 6.45) is 0. The van der Waals surface area contributed by atoms with Gasteiger partial charge in [0.1, 0.15) is 9.88 Å². The molecular formula is C10H15N3O4S. The van der Waals surface area contributed by atoms with Crippen LogP contribution in [0.3, 0.4) is 0 Å². The van der Waals surface area contributed by atoms with E-state index in [2.05, 4.69) is 15.6 Å². The predicted octanol–water partition coefficient (Wildman–Crippen LogP) is 0.595. The second-order valence-corrected chi connectivity index (χ2v) is 4.51. The maximum Gasteiger partial charge on any atom is 0.347 e. The van der Waals surface area contributed by atoms with E-state index in [1.54, 1.807) is 14.0 Å². The van der Waals surface area contributed by atoms with Crippen LogP contribution in [0.4, 0.5) is 4.79 Å². The number of methoxy groups -OCH3 is 1. The maximum atomic E-state index is 11.3. The molecule has 1 rings (SSSR count). The first-order valence-corrected chi connectivity index (χ1v) is 6.06. The Morgan fingerprint density at radius 3 is 2.72 bits per heavy atom. The van der Waals surface area contributed by atoms with Gasteiger partial charge in [0.15, 0.2) is 0 Å². The molecule has 0 atom stereocenters. The average molecular weight is 273 g/mol. The molecule has 0 saturated heterocycles. The topological polar surface area (TPSA) is 101 Å². The van der Waals surface area contributed by atoms with Gasteiger partial charge in [0.25, 0.3) is 0 Å². The molecule has 7 nitrogen and oxygen atoms in total. The second-order valence-electron chi connectivity index (χ2n) is 3.43. The van der Waals surface area contributed by atoms with E-state index in [1.807, 2.05) is 0 Å². The number of urea groups is 1. The lowest BCUT2D eigenvalue weighted by molar-refractivity contribution is 0.0701. The smallest absolute Gasteiger partial charge is 0.347 e. The van der Waals surface area contributed by atoms with Crippen LogP contribution in [0.15, 0.2) is 0 Å². The first-order valence-electron chi connectivity index (χ1n) is 5.24. The van der Waals surface area contributed by atoms with Crippen LogP contribution in [-0.2, 0) is 11.3 Å². The summed E-state index contributed by atoms with van der Waals surface area (Å²) in [4.78, 5) is 26.4. The Bertz CT molecular complexity index is 433. The summed E-state index contributed by atoms with van der Waals surface area (Å²) in [6, 6.07) is -0.336. The fourth-order valence-electron chi connectivity index (χ4n) is 1.21. The summed E-state index contributed by atoms with van der Waals surface area (Å²) in [5.41, 5.74) is 0.462. The fraction of sp³-hybridized carbons (Fsp3) is 0.500. The third-order valence-electron chi connectivity index (χ3n) is 2.03. The molecule has 0 unspecified atom stereocenters. The molecule has 0 aliphatic rings. The van der Waals surface area contributed by atoms with Crippen molar-refractivity contribution in [1.29, 1.82) is 0 Å². The highest BCUT2D eigenvalue weighted by Crippen LogP contribution is 2.17. The van der Waals surface area contributed by atoms with Gasteiger partial charge >= 0.3 is 12.0 Å². The van der Waals surface area contributed by atoms with Gasteiger partial charge in [-0.3, -0.25) is 0 Å². The first kappa shape index (κ1) is 14.4. The van der Waals surface area contributed by atoms with Crippen LogP contribution in [0.2, 0.25) is 0 Å². The largest absolute Gasteiger partial charge is 0.477 e. The van der Waals surface area contributed by atoms with Crippen molar-refractivity contribution in [3.05, 3.63) is 15.6 Å². The molecule has 0 aromatic carbocycles. The molecule has 0 bridgehead atoms. The number of hydrogen-bond donors (Lipinski definition) is 3. The predicted molar refractivity (Wildman–Crippen MR) is 65.9 cm³/mol. The number of aryl methyl sites for hydroxylation is 1. The zero-order valence-electron chi connectivity index (χ0n) is 10.1. The number of hydrogen-bond acceptors (Lipinski definition) is 5. The molecule has 0 saturated carbocycles. The van der Waals surface area contributed by atoms with E-state index in [0.29, 0.717) is 23.9 Å². The van der Waals surface area contributed by atoms with Gasteiger partial charge in [0.05, 0.1) is 18.8 Å². The van der Waals surface area contributed by atoms with Crippen molar-refractivity contribution >= 4 is 23.3 Å². The highest BCUT2D eigenvalue weighted by Gasteiger charge is 2.14. The third-order valence-corrected chi connectivity index (χ3v) is 3.17. The molecule has 1 heterocycles. The average Bonchev–Trinajstić information content (AvgIpc) is 2.68. The van der Waals surface area contributed by atoms with Gasteiger partial charge in [-0.1, -0.05) is 0 Å². The number of nitrogens with one attached hydrogen (secondary N) is 2. The number of rotatable bonds is 6. The van der Waals surface area contributed by atoms with Crippen LogP contribution in [0, 0.1) is 6.92 Å². The lowest BCUT2D eigenvalue weighted by Gasteiger charge is -2.05. The molecule has 18 heavy (non-hydrogen) atoms. The van der Waals surface area contributed by atoms with Gasteiger partial charge in [0.2, 0.25) is 0 Å². The Labute approximate surface area is 108 Å². The Morgan fingerprint density at radius 1 is 1.44 bits per heavy atom. The highest BCUT2D eigenvalue weighted by molar-refractivity contribution is 7.13. The Hall–Kier alpha value is -1.67. The number of carboxylic acid groups (broad SMARTS) is 1. The number of carboxylic acids is 1. The molecule has 0 fully saturated rings. The highest BCUT2D eigenvalue weighted by atomic mass is 32.1. The molecule has 0 spiro atoms. The minimum Gasteiger partial charge on any atom is -0.477 e. The minimum absolute atomic E-state index is 0.201. The van der Waals surface area contributed by atoms with Crippen molar-refractivity contribution in [1.82, 2.24) is 15.6 Å². The first-order chi connectivity index (χ1) is 8.54. The third kappa shape index (κ3) is 4.30. The van der Waals surface area contributed by atoms with Gasteiger partial charge in [-0.05, 0) is 6.92 Å². The zero-order valence-corrected chi connectivity index (χ0v) is 11.0. The molecule has 2 amide bonds. The number of carbonyl (C=O) groups is 2. The van der Waals surface area contributed by atoms with Crippen LogP contribution >= 0.6 is 11.3 Å². The van der Waals surface area contributed by atoms with E-state index in [1.165, 1.54) is 0 Å². The Kier molecular flexibility index (Phi) is 5.53. The molecule has 8 heteroatoms. The van der Waals surface area contributed by atoms with E-state index in [4.69, 9.17) is 9.84 Å². The second kappa shape index (κ2) is 6.92. The van der Waals surface area contributed by atoms with Crippen LogP contribution in [0.5, 0.6) is 0 Å². The monoisotopic (exact) mass is 273 g/mol. The lowest BCUT2D eigenvalue weighted by Crippen LogP contribution is -2.36. The van der Waals surface area contributed by atoms with E-state index < -0.39 is 5.97 Å². The van der Waals surface area contributed by atoms with Crippen LogP contribution in [-0.4, -0.2) is 42.4 Å². The molecule has 100 valence electrons. The lowest BCUT2D eigenvalue weighted by atomic mass is 10.4. The van der Waals surface area contributed by atoms with E-state index in [-0.39, 0.29) is 17.5 Å². The molecule has 0 radical (unpaired) electrons. The normalized spacial score (nSPS) is 10.1. The van der Waals surface area contributed by atoms with Crippen molar-refractivity contribution in [3.63, 3.8) is 0 Å². The summed E-state index contributed by atoms with van der Waals surface area (Å²) in [6.45, 7) is 2.69. The summed E-state index contributed by atoms with van der Waals surface area (Å²) in [5.74, 6) is -0.999. The molecule has 3 N–H and O–H groups in total. The van der Waals surface area contributed by atoms with Gasteiger partial charge in [-0.2, -0.15) is 0 Å². The molecule has 0 aliphatic heterocycles. The Morgan fingerprint density at radius 2 is 2.17 bits per heavy atom. The van der Waals surface area contributed by atoms with Crippen LogP contribution in [0.25, 0.3) is 0 Å². The molecular weight excluding hydrogens is 258 g/mol. The van der Waals surface area contributed by atoms with E-state index in [0.717, 1.165) is 11.3 Å². The van der Waals surface area contributed by atoms with Gasteiger partial charge in [-0.15, -0.1) is 11.3 Å². The van der Waals surface area contributed by atoms with Crippen molar-refractivity contribution < 1.29 is 19.4 Å². The van der Waals surface area contributed by atoms with Gasteiger partial charge < -0.3 is 20.5 Å². The quantitative estimate of drug-likeness (QED) is 0.659. The van der Waals surface area contributed by atoms with Crippen LogP contribution in [0.1, 0.15) is 20.4 Å². The van der Waals surface area contributed by atoms with Crippen molar-refractivity contribution in [2.75, 3.05) is 20.3 Å². The fourth-order valence-corrected chi connectivity index (χ4v) is 2.05. The molecule has 1 aromatic heterocycles. The molecule has 0 aliphatic carbocycles. The number of nitrogens with zero attached hydrogens (tertiary/aromatic N) is 1. The number of aromatic carboxylic acids is 1. The van der Waals surface area contributed by atoms with Crippen molar-refractivity contribution in [3.8, 4) is 0 Å². The van der Waals surface area contributed by atoms with E-state index in [9.17, 15) is 9.59 Å². The van der Waals surface area contributed by atoms with Crippen molar-refractivity contribution in [2.24, 2.45) is 0 Å². The number of ether oxygens (including phenoxy) is 1. The summed E-state index contributed by atoms with van der Waals surface area (Å²) in [7, 11) is 1.55. The number of thiazole rings is 1.